The number of aromatic nitrogens is 3. The number of ether oxygens (including phenoxy) is 1. The Morgan fingerprint density at radius 2 is 2.25 bits per heavy atom. The first-order valence-electron chi connectivity index (χ1n) is 3.86. The normalized spacial score (nSPS) is 11.0. The van der Waals surface area contributed by atoms with Crippen LogP contribution >= 0.6 is 0 Å². The van der Waals surface area contributed by atoms with Gasteiger partial charge in [-0.25, -0.2) is 4.68 Å². The van der Waals surface area contributed by atoms with Crippen LogP contribution in [0, 0.1) is 0 Å². The van der Waals surface area contributed by atoms with E-state index in [4.69, 9.17) is 10.5 Å². The van der Waals surface area contributed by atoms with Gasteiger partial charge in [0.2, 0.25) is 5.95 Å². The second-order valence-electron chi connectivity index (χ2n) is 2.87. The molecule has 1 aromatic heterocycles. The Labute approximate surface area is 71.5 Å². The third-order valence-electron chi connectivity index (χ3n) is 1.42. The molecule has 0 saturated carbocycles. The molecular formula is C7H14N4O. The van der Waals surface area contributed by atoms with Gasteiger partial charge in [-0.3, -0.25) is 0 Å². The Kier molecular flexibility index (Phi) is 2.65. The average molecular weight is 170 g/mol. The van der Waals surface area contributed by atoms with Crippen LogP contribution in [0.15, 0.2) is 0 Å². The van der Waals surface area contributed by atoms with E-state index in [-0.39, 0.29) is 6.10 Å². The summed E-state index contributed by atoms with van der Waals surface area (Å²) in [6.45, 7) is 4.40. The molecule has 0 atom stereocenters. The molecule has 0 bridgehead atoms. The highest BCUT2D eigenvalue weighted by atomic mass is 16.5. The van der Waals surface area contributed by atoms with E-state index in [9.17, 15) is 0 Å². The lowest BCUT2D eigenvalue weighted by Gasteiger charge is -2.05. The van der Waals surface area contributed by atoms with Crippen LogP contribution in [0.3, 0.4) is 0 Å². The number of rotatable bonds is 3. The van der Waals surface area contributed by atoms with E-state index in [0.717, 1.165) is 5.82 Å². The zero-order chi connectivity index (χ0) is 9.14. The molecule has 0 aromatic carbocycles. The molecule has 1 aromatic rings. The summed E-state index contributed by atoms with van der Waals surface area (Å²) in [4.78, 5) is 3.99. The number of anilines is 1. The van der Waals surface area contributed by atoms with Crippen molar-refractivity contribution in [3.63, 3.8) is 0 Å². The van der Waals surface area contributed by atoms with E-state index in [1.54, 1.807) is 11.7 Å². The zero-order valence-corrected chi connectivity index (χ0v) is 7.61. The van der Waals surface area contributed by atoms with Crippen molar-refractivity contribution in [1.82, 2.24) is 14.8 Å². The van der Waals surface area contributed by atoms with Gasteiger partial charge in [0.1, 0.15) is 6.61 Å². The number of hydrogen-bond donors (Lipinski definition) is 1. The summed E-state index contributed by atoms with van der Waals surface area (Å²) in [7, 11) is 1.79. The van der Waals surface area contributed by atoms with E-state index >= 15 is 0 Å². The minimum absolute atomic E-state index is 0.197. The van der Waals surface area contributed by atoms with Crippen molar-refractivity contribution in [1.29, 1.82) is 0 Å². The predicted octanol–water partition coefficient (Wildman–Crippen LogP) is 0.322. The van der Waals surface area contributed by atoms with Gasteiger partial charge >= 0.3 is 0 Å². The fourth-order valence-corrected chi connectivity index (χ4v) is 0.805. The van der Waals surface area contributed by atoms with Gasteiger partial charge in [-0.2, -0.15) is 4.98 Å². The minimum atomic E-state index is 0.197. The van der Waals surface area contributed by atoms with Crippen LogP contribution in [0.2, 0.25) is 0 Å². The zero-order valence-electron chi connectivity index (χ0n) is 7.61. The number of nitrogen functional groups attached to an aromatic ring is 1. The fraction of sp³-hybridized carbons (Fsp3) is 0.714. The van der Waals surface area contributed by atoms with Crippen molar-refractivity contribution >= 4 is 5.95 Å². The maximum Gasteiger partial charge on any atom is 0.239 e. The first kappa shape index (κ1) is 8.99. The average Bonchev–Trinajstić information content (AvgIpc) is 2.26. The van der Waals surface area contributed by atoms with Crippen LogP contribution in [0.4, 0.5) is 5.95 Å². The molecule has 5 nitrogen and oxygen atoms in total. The Bertz CT molecular complexity index is 256. The van der Waals surface area contributed by atoms with Gasteiger partial charge in [0, 0.05) is 7.05 Å². The van der Waals surface area contributed by atoms with Gasteiger partial charge < -0.3 is 10.5 Å². The van der Waals surface area contributed by atoms with Gasteiger partial charge in [0.15, 0.2) is 5.82 Å². The summed E-state index contributed by atoms with van der Waals surface area (Å²) in [6.07, 6.45) is 0.197. The molecule has 5 heteroatoms. The molecule has 0 aliphatic carbocycles. The second-order valence-corrected chi connectivity index (χ2v) is 2.87. The summed E-state index contributed by atoms with van der Waals surface area (Å²) in [5, 5.41) is 3.89. The highest BCUT2D eigenvalue weighted by Gasteiger charge is 2.04. The highest BCUT2D eigenvalue weighted by molar-refractivity contribution is 5.13. The lowest BCUT2D eigenvalue weighted by atomic mass is 10.5. The molecule has 68 valence electrons. The molecule has 2 N–H and O–H groups in total. The molecule has 0 fully saturated rings. The molecule has 0 unspecified atom stereocenters. The van der Waals surface area contributed by atoms with Crippen molar-refractivity contribution in [3.8, 4) is 0 Å². The first-order chi connectivity index (χ1) is 5.59. The fourth-order valence-electron chi connectivity index (χ4n) is 0.805. The molecule has 1 heterocycles. The van der Waals surface area contributed by atoms with E-state index in [2.05, 4.69) is 10.1 Å². The van der Waals surface area contributed by atoms with Crippen molar-refractivity contribution in [2.75, 3.05) is 5.73 Å². The van der Waals surface area contributed by atoms with E-state index < -0.39 is 0 Å². The smallest absolute Gasteiger partial charge is 0.239 e. The molecule has 0 amide bonds. The van der Waals surface area contributed by atoms with Crippen LogP contribution in [-0.2, 0) is 18.4 Å². The van der Waals surface area contributed by atoms with Gasteiger partial charge in [0.25, 0.3) is 0 Å². The summed E-state index contributed by atoms with van der Waals surface area (Å²) >= 11 is 0. The van der Waals surface area contributed by atoms with Gasteiger partial charge in [-0.1, -0.05) is 0 Å². The van der Waals surface area contributed by atoms with Crippen molar-refractivity contribution in [2.24, 2.45) is 7.05 Å². The molecule has 0 saturated heterocycles. The summed E-state index contributed by atoms with van der Waals surface area (Å²) in [6, 6.07) is 0. The van der Waals surface area contributed by atoms with Crippen molar-refractivity contribution < 1.29 is 4.74 Å². The number of hydrogen-bond acceptors (Lipinski definition) is 4. The highest BCUT2D eigenvalue weighted by Crippen LogP contribution is 2.01. The predicted molar refractivity (Wildman–Crippen MR) is 45.3 cm³/mol. The first-order valence-corrected chi connectivity index (χ1v) is 3.86. The third kappa shape index (κ3) is 2.20. The number of nitrogens with zero attached hydrogens (tertiary/aromatic N) is 3. The maximum atomic E-state index is 5.39. The summed E-state index contributed by atoms with van der Waals surface area (Å²) < 4.78 is 6.97. The number of nitrogens with two attached hydrogens (primary N) is 1. The lowest BCUT2D eigenvalue weighted by Crippen LogP contribution is -2.07. The molecular weight excluding hydrogens is 156 g/mol. The van der Waals surface area contributed by atoms with Crippen LogP contribution in [0.1, 0.15) is 19.7 Å². The minimum Gasteiger partial charge on any atom is -0.371 e. The molecule has 0 aliphatic heterocycles. The molecule has 0 aliphatic rings. The summed E-state index contributed by atoms with van der Waals surface area (Å²) in [5.74, 6) is 1.04. The van der Waals surface area contributed by atoms with Gasteiger partial charge in [-0.05, 0) is 13.8 Å². The molecule has 0 radical (unpaired) electrons. The van der Waals surface area contributed by atoms with E-state index in [1.807, 2.05) is 13.8 Å². The Hall–Kier alpha value is -1.10. The van der Waals surface area contributed by atoms with Gasteiger partial charge in [-0.15, -0.1) is 5.10 Å². The monoisotopic (exact) mass is 170 g/mol. The molecule has 1 rings (SSSR count). The Balaban J connectivity index is 2.57. The quantitative estimate of drug-likeness (QED) is 0.709. The van der Waals surface area contributed by atoms with Crippen LogP contribution in [0.5, 0.6) is 0 Å². The number of aryl methyl sites for hydroxylation is 1. The molecule has 0 spiro atoms. The Morgan fingerprint density at radius 3 is 2.67 bits per heavy atom. The van der Waals surface area contributed by atoms with Crippen LogP contribution < -0.4 is 5.73 Å². The molecule has 12 heavy (non-hydrogen) atoms. The topological polar surface area (TPSA) is 66.0 Å². The van der Waals surface area contributed by atoms with E-state index in [0.29, 0.717) is 12.6 Å². The Morgan fingerprint density at radius 1 is 1.58 bits per heavy atom. The lowest BCUT2D eigenvalue weighted by molar-refractivity contribution is 0.0595. The van der Waals surface area contributed by atoms with Crippen molar-refractivity contribution in [3.05, 3.63) is 5.82 Å². The third-order valence-corrected chi connectivity index (χ3v) is 1.42. The maximum absolute atomic E-state index is 5.39. The largest absolute Gasteiger partial charge is 0.371 e. The standard InChI is InChI=1S/C7H14N4O/c1-5(2)12-4-6-9-7(8)10-11(6)3/h5H,4H2,1-3H3,(H2,8,10). The SMILES string of the molecule is CC(C)OCc1nc(N)nn1C. The van der Waals surface area contributed by atoms with Crippen LogP contribution in [-0.4, -0.2) is 20.9 Å². The second kappa shape index (κ2) is 3.53. The van der Waals surface area contributed by atoms with Crippen LogP contribution in [0.25, 0.3) is 0 Å². The van der Waals surface area contributed by atoms with E-state index in [1.165, 1.54) is 0 Å². The summed E-state index contributed by atoms with van der Waals surface area (Å²) in [5.41, 5.74) is 5.39. The van der Waals surface area contributed by atoms with Gasteiger partial charge in [0.05, 0.1) is 6.10 Å². The van der Waals surface area contributed by atoms with Crippen molar-refractivity contribution in [2.45, 2.75) is 26.6 Å².